The largest absolute Gasteiger partial charge is 0.416 e. The van der Waals surface area contributed by atoms with Crippen molar-refractivity contribution in [3.63, 3.8) is 0 Å². The van der Waals surface area contributed by atoms with Crippen molar-refractivity contribution >= 4 is 5.91 Å². The summed E-state index contributed by atoms with van der Waals surface area (Å²) in [4.78, 5) is 15.0. The molecule has 5 nitrogen and oxygen atoms in total. The van der Waals surface area contributed by atoms with Crippen molar-refractivity contribution in [2.45, 2.75) is 55.9 Å². The molecule has 4 atom stereocenters. The van der Waals surface area contributed by atoms with Gasteiger partial charge in [0.1, 0.15) is 0 Å². The average molecular weight is 607 g/mol. The normalized spacial score (nSPS) is 24.8. The fraction of sp³-hybridized carbons (Fsp3) is 0.406. The molecule has 0 aliphatic carbocycles. The van der Waals surface area contributed by atoms with Gasteiger partial charge in [-0.1, -0.05) is 60.7 Å². The van der Waals surface area contributed by atoms with Crippen molar-refractivity contribution in [1.82, 2.24) is 10.2 Å². The third-order valence-corrected chi connectivity index (χ3v) is 8.31. The molecule has 3 aromatic carbocycles. The second-order valence-electron chi connectivity index (χ2n) is 11.4. The number of alkyl halides is 6. The maximum Gasteiger partial charge on any atom is 0.416 e. The number of piperidine rings is 1. The third-order valence-electron chi connectivity index (χ3n) is 8.31. The fourth-order valence-electron chi connectivity index (χ4n) is 6.01. The summed E-state index contributed by atoms with van der Waals surface area (Å²) in [5.74, 6) is -0.199. The number of hydrogen-bond acceptors (Lipinski definition) is 4. The Balaban J connectivity index is 1.39. The van der Waals surface area contributed by atoms with Crippen LogP contribution in [0.2, 0.25) is 0 Å². The number of halogens is 6. The van der Waals surface area contributed by atoms with Gasteiger partial charge in [0.05, 0.1) is 54.7 Å². The van der Waals surface area contributed by atoms with Crippen LogP contribution in [0.4, 0.5) is 26.3 Å². The van der Waals surface area contributed by atoms with E-state index in [4.69, 9.17) is 9.47 Å². The molecule has 2 heterocycles. The maximum atomic E-state index is 13.5. The molecule has 0 radical (unpaired) electrons. The zero-order chi connectivity index (χ0) is 30.9. The number of benzene rings is 3. The second-order valence-corrected chi connectivity index (χ2v) is 11.4. The van der Waals surface area contributed by atoms with Crippen LogP contribution < -0.4 is 5.32 Å². The van der Waals surface area contributed by atoms with E-state index in [1.807, 2.05) is 65.6 Å². The molecular weight excluding hydrogens is 574 g/mol. The van der Waals surface area contributed by atoms with Gasteiger partial charge in [-0.15, -0.1) is 0 Å². The van der Waals surface area contributed by atoms with E-state index in [1.165, 1.54) is 6.92 Å². The molecule has 2 saturated heterocycles. The molecule has 1 N–H and O–H groups in total. The molecule has 0 aromatic heterocycles. The van der Waals surface area contributed by atoms with E-state index >= 15 is 0 Å². The first-order valence-electron chi connectivity index (χ1n) is 13.9. The minimum atomic E-state index is -4.96. The van der Waals surface area contributed by atoms with Crippen molar-refractivity contribution in [3.05, 3.63) is 107 Å². The SMILES string of the molecule is C[C@@H](OC[C@@]1(c2ccccc2)CC[C@@]2(COCc3ccccc3)CN1CC(=O)N2)c1cc(C(F)(F)F)cc(C(F)(F)F)c1. The van der Waals surface area contributed by atoms with Crippen LogP contribution in [0.15, 0.2) is 78.9 Å². The lowest BCUT2D eigenvalue weighted by Gasteiger charge is -2.57. The zero-order valence-electron chi connectivity index (χ0n) is 23.5. The number of carbonyl (C=O) groups is 1. The molecule has 0 saturated carbocycles. The molecule has 3 aromatic rings. The molecule has 2 aliphatic heterocycles. The van der Waals surface area contributed by atoms with Crippen LogP contribution in [0.1, 0.15) is 53.7 Å². The standard InChI is InChI=1S/C32H32F6N2O3/c1-22(24-14-26(31(33,34)35)16-27(15-24)32(36,37)38)43-21-30(25-10-6-3-7-11-25)13-12-29(19-40(30)17-28(41)39-29)20-42-18-23-8-4-2-5-9-23/h2-11,14-16,22H,12-13,17-21H2,1H3,(H,39,41)/t22-,29+,30-/m1/s1. The van der Waals surface area contributed by atoms with E-state index in [2.05, 4.69) is 5.32 Å². The lowest BCUT2D eigenvalue weighted by Crippen LogP contribution is -2.73. The predicted octanol–water partition coefficient (Wildman–Crippen LogP) is 6.88. The summed E-state index contributed by atoms with van der Waals surface area (Å²) in [5, 5.41) is 3.11. The maximum absolute atomic E-state index is 13.5. The zero-order valence-corrected chi connectivity index (χ0v) is 23.5. The third kappa shape index (κ3) is 6.89. The molecule has 2 aliphatic rings. The van der Waals surface area contributed by atoms with Gasteiger partial charge in [-0.3, -0.25) is 9.69 Å². The fourth-order valence-corrected chi connectivity index (χ4v) is 6.01. The van der Waals surface area contributed by atoms with Gasteiger partial charge in [0.25, 0.3) is 0 Å². The highest BCUT2D eigenvalue weighted by molar-refractivity contribution is 5.80. The molecule has 1 unspecified atom stereocenters. The number of nitrogens with zero attached hydrogens (tertiary/aromatic N) is 1. The first-order chi connectivity index (χ1) is 20.3. The van der Waals surface area contributed by atoms with Crippen LogP contribution in [0.3, 0.4) is 0 Å². The van der Waals surface area contributed by atoms with E-state index in [1.54, 1.807) is 0 Å². The lowest BCUT2D eigenvalue weighted by atomic mass is 9.73. The summed E-state index contributed by atoms with van der Waals surface area (Å²) >= 11 is 0. The predicted molar refractivity (Wildman–Crippen MR) is 147 cm³/mol. The summed E-state index contributed by atoms with van der Waals surface area (Å²) in [6.07, 6.45) is -9.98. The van der Waals surface area contributed by atoms with E-state index in [9.17, 15) is 31.1 Å². The lowest BCUT2D eigenvalue weighted by molar-refractivity contribution is -0.148. The topological polar surface area (TPSA) is 50.8 Å². The Hall–Kier alpha value is -3.41. The Morgan fingerprint density at radius 2 is 1.47 bits per heavy atom. The summed E-state index contributed by atoms with van der Waals surface area (Å²) in [5.41, 5.74) is -2.68. The number of rotatable bonds is 9. The molecule has 0 spiro atoms. The summed E-state index contributed by atoms with van der Waals surface area (Å²) in [7, 11) is 0. The minimum absolute atomic E-state index is 0.0504. The summed E-state index contributed by atoms with van der Waals surface area (Å²) in [6.45, 7) is 2.51. The van der Waals surface area contributed by atoms with Crippen LogP contribution in [0.25, 0.3) is 0 Å². The highest BCUT2D eigenvalue weighted by Gasteiger charge is 2.53. The highest BCUT2D eigenvalue weighted by Crippen LogP contribution is 2.44. The van der Waals surface area contributed by atoms with Gasteiger partial charge in [-0.2, -0.15) is 26.3 Å². The molecular formula is C32H32F6N2O3. The second kappa shape index (κ2) is 11.9. The molecule has 5 rings (SSSR count). The van der Waals surface area contributed by atoms with Crippen molar-refractivity contribution in [2.24, 2.45) is 0 Å². The van der Waals surface area contributed by atoms with Crippen LogP contribution in [0.5, 0.6) is 0 Å². The Kier molecular flexibility index (Phi) is 8.61. The van der Waals surface area contributed by atoms with Crippen molar-refractivity contribution in [3.8, 4) is 0 Å². The Bertz CT molecular complexity index is 1380. The number of nitrogens with one attached hydrogen (secondary N) is 1. The summed E-state index contributed by atoms with van der Waals surface area (Å²) < 4.78 is 93.1. The molecule has 230 valence electrons. The first kappa shape index (κ1) is 31.0. The Morgan fingerprint density at radius 1 is 0.860 bits per heavy atom. The Morgan fingerprint density at radius 3 is 2.07 bits per heavy atom. The quantitative estimate of drug-likeness (QED) is 0.270. The van der Waals surface area contributed by atoms with Crippen molar-refractivity contribution in [1.29, 1.82) is 0 Å². The number of carbonyl (C=O) groups excluding carboxylic acids is 1. The molecule has 1 amide bonds. The van der Waals surface area contributed by atoms with Gasteiger partial charge >= 0.3 is 12.4 Å². The number of piperazine rings is 1. The number of hydrogen-bond donors (Lipinski definition) is 1. The number of amides is 1. The highest BCUT2D eigenvalue weighted by atomic mass is 19.4. The minimum Gasteiger partial charge on any atom is -0.374 e. The molecule has 43 heavy (non-hydrogen) atoms. The number of fused-ring (bicyclic) bond motifs is 2. The van der Waals surface area contributed by atoms with E-state index in [0.29, 0.717) is 38.1 Å². The smallest absolute Gasteiger partial charge is 0.374 e. The molecule has 11 heteroatoms. The van der Waals surface area contributed by atoms with Gasteiger partial charge in [0.2, 0.25) is 5.91 Å². The van der Waals surface area contributed by atoms with Crippen LogP contribution >= 0.6 is 0 Å². The first-order valence-corrected chi connectivity index (χ1v) is 13.9. The summed E-state index contributed by atoms with van der Waals surface area (Å²) in [6, 6.07) is 20.5. The van der Waals surface area contributed by atoms with Crippen LogP contribution in [-0.4, -0.2) is 42.6 Å². The van der Waals surface area contributed by atoms with E-state index in [-0.39, 0.29) is 37.3 Å². The van der Waals surface area contributed by atoms with Crippen LogP contribution in [0, 0.1) is 0 Å². The Labute approximate surface area is 245 Å². The van der Waals surface area contributed by atoms with Crippen molar-refractivity contribution < 1.29 is 40.6 Å². The number of ether oxygens (including phenoxy) is 2. The van der Waals surface area contributed by atoms with E-state index < -0.39 is 40.7 Å². The molecule has 2 bridgehead atoms. The monoisotopic (exact) mass is 606 g/mol. The van der Waals surface area contributed by atoms with Gasteiger partial charge in [0.15, 0.2) is 0 Å². The van der Waals surface area contributed by atoms with Gasteiger partial charge < -0.3 is 14.8 Å². The van der Waals surface area contributed by atoms with Gasteiger partial charge in [-0.05, 0) is 54.7 Å². The van der Waals surface area contributed by atoms with E-state index in [0.717, 1.165) is 11.1 Å². The van der Waals surface area contributed by atoms with Crippen molar-refractivity contribution in [2.75, 3.05) is 26.3 Å². The van der Waals surface area contributed by atoms with Gasteiger partial charge in [-0.25, -0.2) is 0 Å². The van der Waals surface area contributed by atoms with Crippen LogP contribution in [-0.2, 0) is 38.8 Å². The molecule has 2 fully saturated rings. The average Bonchev–Trinajstić information content (AvgIpc) is 2.96. The van der Waals surface area contributed by atoms with Gasteiger partial charge in [0, 0.05) is 6.54 Å².